The summed E-state index contributed by atoms with van der Waals surface area (Å²) in [4.78, 5) is 11.2. The highest BCUT2D eigenvalue weighted by Crippen LogP contribution is 2.49. The van der Waals surface area contributed by atoms with Gasteiger partial charge in [0.2, 0.25) is 0 Å². The minimum absolute atomic E-state index is 0.224. The summed E-state index contributed by atoms with van der Waals surface area (Å²) in [5.74, 6) is 2.15. The summed E-state index contributed by atoms with van der Waals surface area (Å²) in [6.45, 7) is 4.84. The van der Waals surface area contributed by atoms with E-state index in [1.165, 1.54) is 55.5 Å². The third kappa shape index (κ3) is 3.55. The topological polar surface area (TPSA) is 31.9 Å². The molecule has 4 atom stereocenters. The average molecular weight is 494 g/mol. The van der Waals surface area contributed by atoms with E-state index >= 15 is 0 Å². The fourth-order valence-electron chi connectivity index (χ4n) is 7.30. The predicted octanol–water partition coefficient (Wildman–Crippen LogP) is 7.83. The highest BCUT2D eigenvalue weighted by Gasteiger charge is 2.45. The van der Waals surface area contributed by atoms with Crippen LogP contribution in [-0.4, -0.2) is 34.0 Å². The average Bonchev–Trinajstić information content (AvgIpc) is 3.64. The number of nitrogens with zero attached hydrogens (tertiary/aromatic N) is 2. The number of likely N-dealkylation sites (tertiary alicyclic amines) is 1. The highest BCUT2D eigenvalue weighted by molar-refractivity contribution is 6.31. The fraction of sp³-hybridized carbons (Fsp3) is 0.344. The quantitative estimate of drug-likeness (QED) is 0.315. The summed E-state index contributed by atoms with van der Waals surface area (Å²) in [7, 11) is 0. The second kappa shape index (κ2) is 8.61. The molecule has 1 aliphatic heterocycles. The SMILES string of the molecule is C[C@H]1CN(C2CCC(c3ccccc3-c3nc4ccc(Cl)cc4[nH]3)C2)CCC12C=Cc1ccccc12. The Balaban J connectivity index is 1.10. The third-order valence-corrected chi connectivity index (χ3v) is 9.48. The van der Waals surface area contributed by atoms with Crippen molar-refractivity contribution in [3.63, 3.8) is 0 Å². The lowest BCUT2D eigenvalue weighted by atomic mass is 9.68. The fourth-order valence-corrected chi connectivity index (χ4v) is 7.48. The number of imidazole rings is 1. The zero-order chi connectivity index (χ0) is 24.3. The van der Waals surface area contributed by atoms with Crippen molar-refractivity contribution in [3.05, 3.63) is 94.5 Å². The molecule has 3 aliphatic rings. The number of fused-ring (bicyclic) bond motifs is 3. The van der Waals surface area contributed by atoms with Crippen LogP contribution in [-0.2, 0) is 5.41 Å². The van der Waals surface area contributed by atoms with E-state index in [-0.39, 0.29) is 5.41 Å². The number of piperidine rings is 1. The number of allylic oxidation sites excluding steroid dienone is 1. The molecule has 1 saturated heterocycles. The summed E-state index contributed by atoms with van der Waals surface area (Å²) in [6.07, 6.45) is 9.84. The van der Waals surface area contributed by atoms with Crippen LogP contribution >= 0.6 is 11.6 Å². The van der Waals surface area contributed by atoms with Crippen LogP contribution in [0.2, 0.25) is 5.02 Å². The Labute approximate surface area is 218 Å². The van der Waals surface area contributed by atoms with Gasteiger partial charge in [0.1, 0.15) is 5.82 Å². The molecule has 2 heterocycles. The van der Waals surface area contributed by atoms with Crippen LogP contribution in [0.4, 0.5) is 0 Å². The van der Waals surface area contributed by atoms with Crippen molar-refractivity contribution >= 4 is 28.7 Å². The number of aromatic nitrogens is 2. The number of H-pyrrole nitrogens is 1. The van der Waals surface area contributed by atoms with Gasteiger partial charge in [0.05, 0.1) is 11.0 Å². The van der Waals surface area contributed by atoms with Gasteiger partial charge in [-0.15, -0.1) is 0 Å². The zero-order valence-electron chi connectivity index (χ0n) is 20.8. The maximum Gasteiger partial charge on any atom is 0.138 e. The Kier molecular flexibility index (Phi) is 5.34. The third-order valence-electron chi connectivity index (χ3n) is 9.24. The number of aromatic amines is 1. The standard InChI is InChI=1S/C32H32ClN3/c1-21-20-36(17-16-32(21)15-14-22-6-2-5-9-28(22)32)25-12-10-23(18-25)26-7-3-4-8-27(26)31-34-29-13-11-24(33)19-30(29)35-31/h2-9,11,13-15,19,21,23,25H,10,12,16-18,20H2,1H3,(H,34,35)/t21-,23?,25?,32?/m0/s1. The van der Waals surface area contributed by atoms with Gasteiger partial charge >= 0.3 is 0 Å². The van der Waals surface area contributed by atoms with Gasteiger partial charge in [-0.2, -0.15) is 0 Å². The van der Waals surface area contributed by atoms with Crippen molar-refractivity contribution in [2.45, 2.75) is 50.0 Å². The lowest BCUT2D eigenvalue weighted by molar-refractivity contribution is 0.0898. The Hall–Kier alpha value is -2.88. The van der Waals surface area contributed by atoms with Gasteiger partial charge in [0.15, 0.2) is 0 Å². The molecule has 2 aliphatic carbocycles. The lowest BCUT2D eigenvalue weighted by Gasteiger charge is -2.46. The number of nitrogens with one attached hydrogen (secondary N) is 1. The molecule has 4 aromatic rings. The first-order valence-corrected chi connectivity index (χ1v) is 13.8. The van der Waals surface area contributed by atoms with E-state index in [9.17, 15) is 0 Å². The zero-order valence-corrected chi connectivity index (χ0v) is 21.5. The van der Waals surface area contributed by atoms with Crippen molar-refractivity contribution in [2.75, 3.05) is 13.1 Å². The van der Waals surface area contributed by atoms with Crippen LogP contribution in [0, 0.1) is 5.92 Å². The van der Waals surface area contributed by atoms with Crippen molar-refractivity contribution < 1.29 is 0 Å². The van der Waals surface area contributed by atoms with Crippen LogP contribution in [0.3, 0.4) is 0 Å². The van der Waals surface area contributed by atoms with Crippen LogP contribution in [0.15, 0.2) is 72.8 Å². The van der Waals surface area contributed by atoms with E-state index < -0.39 is 0 Å². The van der Waals surface area contributed by atoms with Crippen molar-refractivity contribution in [3.8, 4) is 11.4 Å². The van der Waals surface area contributed by atoms with Crippen LogP contribution in [0.5, 0.6) is 0 Å². The molecular formula is C32H32ClN3. The van der Waals surface area contributed by atoms with E-state index in [0.717, 1.165) is 21.9 Å². The van der Waals surface area contributed by atoms with E-state index in [1.54, 1.807) is 5.56 Å². The van der Waals surface area contributed by atoms with E-state index in [0.29, 0.717) is 17.9 Å². The Bertz CT molecular complexity index is 1470. The van der Waals surface area contributed by atoms with Gasteiger partial charge in [0.25, 0.3) is 0 Å². The smallest absolute Gasteiger partial charge is 0.138 e. The highest BCUT2D eigenvalue weighted by atomic mass is 35.5. The molecule has 3 unspecified atom stereocenters. The second-order valence-electron chi connectivity index (χ2n) is 11.1. The predicted molar refractivity (Wildman–Crippen MR) is 149 cm³/mol. The van der Waals surface area contributed by atoms with Crippen molar-refractivity contribution in [1.82, 2.24) is 14.9 Å². The summed E-state index contributed by atoms with van der Waals surface area (Å²) in [5.41, 5.74) is 7.81. The summed E-state index contributed by atoms with van der Waals surface area (Å²) in [5, 5.41) is 0.735. The largest absolute Gasteiger partial charge is 0.338 e. The minimum atomic E-state index is 0.224. The normalized spacial score (nSPS) is 27.8. The Morgan fingerprint density at radius 2 is 1.89 bits per heavy atom. The molecule has 7 rings (SSSR count). The number of hydrogen-bond acceptors (Lipinski definition) is 2. The van der Waals surface area contributed by atoms with Gasteiger partial charge in [0, 0.05) is 28.6 Å². The maximum atomic E-state index is 6.22. The summed E-state index contributed by atoms with van der Waals surface area (Å²) in [6, 6.07) is 24.4. The molecule has 3 aromatic carbocycles. The Morgan fingerprint density at radius 3 is 2.81 bits per heavy atom. The minimum Gasteiger partial charge on any atom is -0.338 e. The van der Waals surface area contributed by atoms with E-state index in [4.69, 9.17) is 16.6 Å². The lowest BCUT2D eigenvalue weighted by Crippen LogP contribution is -2.50. The second-order valence-corrected chi connectivity index (χ2v) is 11.5. The monoisotopic (exact) mass is 493 g/mol. The van der Waals surface area contributed by atoms with Crippen LogP contribution < -0.4 is 0 Å². The molecule has 36 heavy (non-hydrogen) atoms. The van der Waals surface area contributed by atoms with Crippen molar-refractivity contribution in [1.29, 1.82) is 0 Å². The molecule has 182 valence electrons. The van der Waals surface area contributed by atoms with E-state index in [1.807, 2.05) is 18.2 Å². The van der Waals surface area contributed by atoms with Gasteiger partial charge in [-0.05, 0) is 79.0 Å². The molecule has 2 fully saturated rings. The summed E-state index contributed by atoms with van der Waals surface area (Å²) >= 11 is 6.22. The molecule has 1 saturated carbocycles. The number of hydrogen-bond donors (Lipinski definition) is 1. The first-order valence-electron chi connectivity index (χ1n) is 13.4. The molecule has 0 bridgehead atoms. The van der Waals surface area contributed by atoms with Gasteiger partial charge < -0.3 is 9.88 Å². The molecule has 0 radical (unpaired) electrons. The van der Waals surface area contributed by atoms with Crippen molar-refractivity contribution in [2.24, 2.45) is 5.92 Å². The Morgan fingerprint density at radius 1 is 1.03 bits per heavy atom. The first kappa shape index (κ1) is 22.3. The molecule has 1 N–H and O–H groups in total. The van der Waals surface area contributed by atoms with Gasteiger partial charge in [-0.1, -0.05) is 79.2 Å². The molecule has 4 heteroatoms. The summed E-state index contributed by atoms with van der Waals surface area (Å²) < 4.78 is 0. The first-order chi connectivity index (χ1) is 17.6. The van der Waals surface area contributed by atoms with Crippen LogP contribution in [0.1, 0.15) is 55.2 Å². The number of halogens is 1. The number of rotatable bonds is 3. The molecule has 3 nitrogen and oxygen atoms in total. The molecule has 0 amide bonds. The van der Waals surface area contributed by atoms with Crippen LogP contribution in [0.25, 0.3) is 28.5 Å². The maximum absolute atomic E-state index is 6.22. The molecule has 1 spiro atoms. The van der Waals surface area contributed by atoms with E-state index in [2.05, 4.69) is 77.5 Å². The van der Waals surface area contributed by atoms with Gasteiger partial charge in [-0.25, -0.2) is 4.98 Å². The molecule has 1 aromatic heterocycles. The molecular weight excluding hydrogens is 462 g/mol. The van der Waals surface area contributed by atoms with Gasteiger partial charge in [-0.3, -0.25) is 0 Å². The number of benzene rings is 3.